The third kappa shape index (κ3) is 3.22. The highest BCUT2D eigenvalue weighted by molar-refractivity contribution is 7.89. The molecule has 5 nitrogen and oxygen atoms in total. The third-order valence-corrected chi connectivity index (χ3v) is 6.14. The molecule has 0 atom stereocenters. The maximum atomic E-state index is 12.6. The summed E-state index contributed by atoms with van der Waals surface area (Å²) in [4.78, 5) is -0.346. The number of rotatable bonds is 4. The van der Waals surface area contributed by atoms with E-state index in [1.807, 2.05) is 42.8 Å². The molecule has 3 aromatic rings. The zero-order chi connectivity index (χ0) is 18.4. The van der Waals surface area contributed by atoms with Crippen molar-refractivity contribution in [2.75, 3.05) is 0 Å². The number of nitrogens with one attached hydrogen (secondary N) is 1. The Kier molecular flexibility index (Phi) is 4.72. The lowest BCUT2D eigenvalue weighted by Gasteiger charge is -2.11. The maximum Gasteiger partial charge on any atom is 0.244 e. The van der Waals surface area contributed by atoms with Crippen molar-refractivity contribution in [2.24, 2.45) is 7.05 Å². The fraction of sp³-hybridized carbons (Fsp3) is 0.176. The van der Waals surface area contributed by atoms with Gasteiger partial charge in [0, 0.05) is 28.7 Å². The quantitative estimate of drug-likeness (QED) is 0.697. The van der Waals surface area contributed by atoms with Crippen LogP contribution in [-0.4, -0.2) is 18.1 Å². The topological polar surface area (TPSA) is 71.3 Å². The van der Waals surface area contributed by atoms with E-state index in [9.17, 15) is 13.5 Å². The molecular formula is C17H16Cl2N2O3S. The molecule has 0 amide bonds. The smallest absolute Gasteiger partial charge is 0.244 e. The number of sulfonamides is 1. The first-order valence-electron chi connectivity index (χ1n) is 7.43. The van der Waals surface area contributed by atoms with Crippen molar-refractivity contribution in [3.8, 4) is 5.75 Å². The first kappa shape index (κ1) is 18.1. The van der Waals surface area contributed by atoms with E-state index in [0.717, 1.165) is 22.2 Å². The summed E-state index contributed by atoms with van der Waals surface area (Å²) in [6.07, 6.45) is 0. The number of hydrogen-bond acceptors (Lipinski definition) is 3. The number of phenolic OH excluding ortho intramolecular Hbond substituents is 1. The molecule has 0 unspecified atom stereocenters. The largest absolute Gasteiger partial charge is 0.505 e. The third-order valence-electron chi connectivity index (χ3n) is 4.22. The molecule has 0 aliphatic carbocycles. The van der Waals surface area contributed by atoms with Gasteiger partial charge in [-0.25, -0.2) is 13.1 Å². The van der Waals surface area contributed by atoms with Gasteiger partial charge in [0.25, 0.3) is 0 Å². The molecular weight excluding hydrogens is 383 g/mol. The first-order chi connectivity index (χ1) is 11.7. The molecule has 25 heavy (non-hydrogen) atoms. The predicted octanol–water partition coefficient (Wildman–Crippen LogP) is 3.98. The van der Waals surface area contributed by atoms with Gasteiger partial charge in [-0.05, 0) is 30.7 Å². The van der Waals surface area contributed by atoms with E-state index in [1.165, 1.54) is 12.1 Å². The second-order valence-electron chi connectivity index (χ2n) is 5.71. The number of aromatic nitrogens is 1. The molecule has 1 aromatic heterocycles. The van der Waals surface area contributed by atoms with Crippen molar-refractivity contribution in [3.05, 3.63) is 57.7 Å². The van der Waals surface area contributed by atoms with Gasteiger partial charge in [0.15, 0.2) is 5.75 Å². The lowest BCUT2D eigenvalue weighted by molar-refractivity contribution is 0.458. The van der Waals surface area contributed by atoms with Crippen LogP contribution in [0.15, 0.2) is 41.3 Å². The number of benzene rings is 2. The summed E-state index contributed by atoms with van der Waals surface area (Å²) >= 11 is 11.7. The molecule has 0 spiro atoms. The van der Waals surface area contributed by atoms with Crippen molar-refractivity contribution < 1.29 is 13.5 Å². The lowest BCUT2D eigenvalue weighted by Crippen LogP contribution is -2.24. The minimum atomic E-state index is -3.99. The SMILES string of the molecule is Cc1c(CNS(=O)(=O)c2cc(Cl)cc(Cl)c2O)n(C)c2ccccc12. The van der Waals surface area contributed by atoms with Crippen LogP contribution in [0.2, 0.25) is 10.0 Å². The predicted molar refractivity (Wildman–Crippen MR) is 99.8 cm³/mol. The zero-order valence-electron chi connectivity index (χ0n) is 13.5. The van der Waals surface area contributed by atoms with Gasteiger partial charge in [0.2, 0.25) is 10.0 Å². The number of phenols is 1. The highest BCUT2D eigenvalue weighted by Crippen LogP contribution is 2.34. The minimum absolute atomic E-state index is 0.0723. The number of para-hydroxylation sites is 1. The van der Waals surface area contributed by atoms with E-state index in [0.29, 0.717) is 0 Å². The average molecular weight is 399 g/mol. The van der Waals surface area contributed by atoms with Gasteiger partial charge in [-0.15, -0.1) is 0 Å². The summed E-state index contributed by atoms with van der Waals surface area (Å²) in [6.45, 7) is 2.02. The normalized spacial score (nSPS) is 12.0. The number of aromatic hydroxyl groups is 1. The molecule has 0 bridgehead atoms. The fourth-order valence-corrected chi connectivity index (χ4v) is 4.62. The zero-order valence-corrected chi connectivity index (χ0v) is 15.9. The Morgan fingerprint density at radius 2 is 1.88 bits per heavy atom. The van der Waals surface area contributed by atoms with Crippen LogP contribution in [-0.2, 0) is 23.6 Å². The second-order valence-corrected chi connectivity index (χ2v) is 8.29. The van der Waals surface area contributed by atoms with E-state index in [1.54, 1.807) is 0 Å². The van der Waals surface area contributed by atoms with Crippen molar-refractivity contribution in [1.29, 1.82) is 0 Å². The summed E-state index contributed by atoms with van der Waals surface area (Å²) in [5, 5.41) is 11.0. The van der Waals surface area contributed by atoms with E-state index in [4.69, 9.17) is 23.2 Å². The number of aryl methyl sites for hydroxylation is 2. The lowest BCUT2D eigenvalue weighted by atomic mass is 10.1. The van der Waals surface area contributed by atoms with Crippen LogP contribution in [0.4, 0.5) is 0 Å². The van der Waals surface area contributed by atoms with Crippen LogP contribution < -0.4 is 4.72 Å². The monoisotopic (exact) mass is 398 g/mol. The Bertz CT molecular complexity index is 1040. The highest BCUT2D eigenvalue weighted by atomic mass is 35.5. The van der Waals surface area contributed by atoms with Gasteiger partial charge in [0.05, 0.1) is 11.6 Å². The minimum Gasteiger partial charge on any atom is -0.505 e. The molecule has 0 aliphatic heterocycles. The fourth-order valence-electron chi connectivity index (χ4n) is 2.88. The standard InChI is InChI=1S/C17H16Cl2N2O3S/c1-10-12-5-3-4-6-14(12)21(2)15(10)9-20-25(23,24)16-8-11(18)7-13(19)17(16)22/h3-8,20,22H,9H2,1-2H3. The van der Waals surface area contributed by atoms with Crippen LogP contribution in [0, 0.1) is 6.92 Å². The Balaban J connectivity index is 1.97. The Morgan fingerprint density at radius 3 is 2.56 bits per heavy atom. The van der Waals surface area contributed by atoms with E-state index < -0.39 is 15.8 Å². The molecule has 2 aromatic carbocycles. The van der Waals surface area contributed by atoms with Crippen LogP contribution >= 0.6 is 23.2 Å². The molecule has 2 N–H and O–H groups in total. The van der Waals surface area contributed by atoms with Crippen molar-refractivity contribution in [1.82, 2.24) is 9.29 Å². The summed E-state index contributed by atoms with van der Waals surface area (Å²) in [6, 6.07) is 10.3. The summed E-state index contributed by atoms with van der Waals surface area (Å²) < 4.78 is 29.6. The van der Waals surface area contributed by atoms with Gasteiger partial charge < -0.3 is 9.67 Å². The van der Waals surface area contributed by atoms with Gasteiger partial charge in [-0.2, -0.15) is 0 Å². The highest BCUT2D eigenvalue weighted by Gasteiger charge is 2.22. The summed E-state index contributed by atoms with van der Waals surface area (Å²) in [5.74, 6) is -0.521. The Hall–Kier alpha value is -1.73. The van der Waals surface area contributed by atoms with Crippen molar-refractivity contribution in [3.63, 3.8) is 0 Å². The molecule has 0 aliphatic rings. The summed E-state index contributed by atoms with van der Waals surface area (Å²) in [5.41, 5.74) is 2.84. The van der Waals surface area contributed by atoms with Gasteiger partial charge in [0.1, 0.15) is 4.90 Å². The number of halogens is 2. The maximum absolute atomic E-state index is 12.6. The van der Waals surface area contributed by atoms with Crippen LogP contribution in [0.5, 0.6) is 5.75 Å². The van der Waals surface area contributed by atoms with Gasteiger partial charge >= 0.3 is 0 Å². The van der Waals surface area contributed by atoms with E-state index in [-0.39, 0.29) is 21.5 Å². The Labute approximate surface area is 155 Å². The molecule has 3 rings (SSSR count). The number of fused-ring (bicyclic) bond motifs is 1. The van der Waals surface area contributed by atoms with Gasteiger partial charge in [-0.1, -0.05) is 41.4 Å². The van der Waals surface area contributed by atoms with Crippen LogP contribution in [0.1, 0.15) is 11.3 Å². The molecule has 0 saturated heterocycles. The molecule has 0 fully saturated rings. The van der Waals surface area contributed by atoms with E-state index >= 15 is 0 Å². The second kappa shape index (κ2) is 6.53. The van der Waals surface area contributed by atoms with Crippen molar-refractivity contribution in [2.45, 2.75) is 18.4 Å². The summed E-state index contributed by atoms with van der Waals surface area (Å²) in [7, 11) is -2.11. The van der Waals surface area contributed by atoms with Gasteiger partial charge in [-0.3, -0.25) is 0 Å². The van der Waals surface area contributed by atoms with Crippen molar-refractivity contribution >= 4 is 44.1 Å². The molecule has 0 saturated carbocycles. The average Bonchev–Trinajstić information content (AvgIpc) is 2.80. The molecule has 8 heteroatoms. The molecule has 132 valence electrons. The Morgan fingerprint density at radius 1 is 1.20 bits per heavy atom. The van der Waals surface area contributed by atoms with Crippen LogP contribution in [0.3, 0.4) is 0 Å². The number of hydrogen-bond donors (Lipinski definition) is 2. The number of nitrogens with zero attached hydrogens (tertiary/aromatic N) is 1. The molecule has 1 heterocycles. The van der Waals surface area contributed by atoms with Crippen LogP contribution in [0.25, 0.3) is 10.9 Å². The first-order valence-corrected chi connectivity index (χ1v) is 9.67. The molecule has 0 radical (unpaired) electrons. The van der Waals surface area contributed by atoms with E-state index in [2.05, 4.69) is 4.72 Å².